The maximum absolute atomic E-state index is 5.92. The van der Waals surface area contributed by atoms with Crippen molar-refractivity contribution < 1.29 is 18.0 Å². The van der Waals surface area contributed by atoms with Crippen LogP contribution in [0.5, 0.6) is 6.01 Å². The van der Waals surface area contributed by atoms with Crippen LogP contribution in [0.15, 0.2) is 0 Å². The summed E-state index contributed by atoms with van der Waals surface area (Å²) in [6, 6.07) is 0.317. The van der Waals surface area contributed by atoms with Gasteiger partial charge in [0, 0.05) is 32.9 Å². The van der Waals surface area contributed by atoms with Gasteiger partial charge in [0.05, 0.1) is 12.8 Å². The molecule has 0 saturated carbocycles. The van der Waals surface area contributed by atoms with E-state index in [-0.39, 0.29) is 14.9 Å². The Morgan fingerprint density at radius 3 is 1.85 bits per heavy atom. The molecule has 34 heavy (non-hydrogen) atoms. The van der Waals surface area contributed by atoms with Gasteiger partial charge in [-0.15, -0.1) is 0 Å². The summed E-state index contributed by atoms with van der Waals surface area (Å²) in [5.41, 5.74) is 0. The lowest BCUT2D eigenvalue weighted by Crippen LogP contribution is -2.52. The SMILES string of the molecule is C.C.CCCCCCCCN(CC)c1nc(NC[Si](OCC)(OCC)OCC)nc(OCC)n1. The van der Waals surface area contributed by atoms with E-state index < -0.39 is 8.80 Å². The Morgan fingerprint density at radius 1 is 0.735 bits per heavy atom. The van der Waals surface area contributed by atoms with Gasteiger partial charge in [-0.1, -0.05) is 53.9 Å². The Kier molecular flexibility index (Phi) is 21.3. The van der Waals surface area contributed by atoms with Crippen molar-refractivity contribution >= 4 is 20.7 Å². The van der Waals surface area contributed by atoms with Crippen LogP contribution in [0, 0.1) is 0 Å². The molecule has 0 aliphatic heterocycles. The zero-order chi connectivity index (χ0) is 23.7. The van der Waals surface area contributed by atoms with Crippen molar-refractivity contribution in [2.75, 3.05) is 55.9 Å². The van der Waals surface area contributed by atoms with Crippen molar-refractivity contribution in [3.8, 4) is 6.01 Å². The highest BCUT2D eigenvalue weighted by Gasteiger charge is 2.40. The molecular weight excluding hydrogens is 450 g/mol. The molecule has 0 amide bonds. The van der Waals surface area contributed by atoms with Gasteiger partial charge in [-0.3, -0.25) is 0 Å². The minimum absolute atomic E-state index is 0. The van der Waals surface area contributed by atoms with E-state index in [4.69, 9.17) is 18.0 Å². The molecule has 1 N–H and O–H groups in total. The number of unbranched alkanes of at least 4 members (excludes halogenated alkanes) is 5. The summed E-state index contributed by atoms with van der Waals surface area (Å²) in [6.07, 6.45) is 7.87. The fraction of sp³-hybridized carbons (Fsp3) is 0.875. The van der Waals surface area contributed by atoms with Crippen LogP contribution in [0.4, 0.5) is 11.9 Å². The Morgan fingerprint density at radius 2 is 1.32 bits per heavy atom. The zero-order valence-electron chi connectivity index (χ0n) is 21.1. The maximum Gasteiger partial charge on any atom is 0.521 e. The monoisotopic (exact) mass is 503 g/mol. The third kappa shape index (κ3) is 12.8. The Bertz CT molecular complexity index is 596. The van der Waals surface area contributed by atoms with E-state index in [0.717, 1.165) is 19.5 Å². The third-order valence-corrected chi connectivity index (χ3v) is 7.67. The Balaban J connectivity index is 0. The summed E-state index contributed by atoms with van der Waals surface area (Å²) in [6.45, 7) is 15.9. The zero-order valence-corrected chi connectivity index (χ0v) is 22.1. The Labute approximate surface area is 210 Å². The van der Waals surface area contributed by atoms with Crippen molar-refractivity contribution in [3.05, 3.63) is 0 Å². The fourth-order valence-electron chi connectivity index (χ4n) is 3.37. The number of nitrogens with one attached hydrogen (secondary N) is 1. The predicted octanol–water partition coefficient (Wildman–Crippen LogP) is 5.73. The highest BCUT2D eigenvalue weighted by Crippen LogP contribution is 2.18. The molecule has 0 spiro atoms. The Hall–Kier alpha value is -1.49. The van der Waals surface area contributed by atoms with E-state index in [0.29, 0.717) is 50.5 Å². The number of hydrogen-bond acceptors (Lipinski definition) is 9. The molecule has 0 aliphatic rings. The molecule has 10 heteroatoms. The molecule has 0 saturated heterocycles. The molecule has 0 aromatic carbocycles. The van der Waals surface area contributed by atoms with Crippen LogP contribution < -0.4 is 15.0 Å². The third-order valence-electron chi connectivity index (χ3n) is 4.88. The fourth-order valence-corrected chi connectivity index (χ4v) is 5.62. The molecule has 1 aromatic heterocycles. The minimum Gasteiger partial charge on any atom is -0.464 e. The van der Waals surface area contributed by atoms with Gasteiger partial charge in [0.1, 0.15) is 0 Å². The second kappa shape index (κ2) is 20.8. The molecule has 0 aliphatic carbocycles. The molecule has 202 valence electrons. The second-order valence-electron chi connectivity index (χ2n) is 7.36. The average Bonchev–Trinajstić information content (AvgIpc) is 2.78. The molecule has 0 fully saturated rings. The van der Waals surface area contributed by atoms with Crippen molar-refractivity contribution in [2.24, 2.45) is 0 Å². The summed E-state index contributed by atoms with van der Waals surface area (Å²) >= 11 is 0. The van der Waals surface area contributed by atoms with Crippen LogP contribution in [-0.2, 0) is 13.3 Å². The van der Waals surface area contributed by atoms with E-state index in [1.807, 2.05) is 27.7 Å². The number of hydrogen-bond donors (Lipinski definition) is 1. The summed E-state index contributed by atoms with van der Waals surface area (Å²) in [4.78, 5) is 15.8. The lowest BCUT2D eigenvalue weighted by atomic mass is 10.1. The van der Waals surface area contributed by atoms with Crippen LogP contribution in [0.25, 0.3) is 0 Å². The first-order chi connectivity index (χ1) is 15.6. The van der Waals surface area contributed by atoms with E-state index in [2.05, 4.69) is 39.0 Å². The van der Waals surface area contributed by atoms with E-state index in [1.54, 1.807) is 0 Å². The maximum atomic E-state index is 5.92. The first-order valence-electron chi connectivity index (χ1n) is 12.4. The van der Waals surface area contributed by atoms with Crippen molar-refractivity contribution in [1.82, 2.24) is 15.0 Å². The van der Waals surface area contributed by atoms with Gasteiger partial charge in [-0.2, -0.15) is 15.0 Å². The number of rotatable bonds is 20. The van der Waals surface area contributed by atoms with Crippen molar-refractivity contribution in [1.29, 1.82) is 0 Å². The molecular formula is C24H53N5O4Si. The van der Waals surface area contributed by atoms with Crippen LogP contribution in [0.3, 0.4) is 0 Å². The van der Waals surface area contributed by atoms with E-state index in [9.17, 15) is 0 Å². The largest absolute Gasteiger partial charge is 0.521 e. The molecule has 0 bridgehead atoms. The lowest BCUT2D eigenvalue weighted by molar-refractivity contribution is 0.0740. The van der Waals surface area contributed by atoms with Crippen LogP contribution in [0.2, 0.25) is 0 Å². The first-order valence-corrected chi connectivity index (χ1v) is 14.3. The highest BCUT2D eigenvalue weighted by atomic mass is 28.4. The smallest absolute Gasteiger partial charge is 0.464 e. The normalized spacial score (nSPS) is 10.9. The number of aromatic nitrogens is 3. The standard InChI is InChI=1S/C22H45N5O4Si.2CH4/c1-7-13-14-15-16-17-18-27(8-2)21-24-20(25-22(26-21)28-9-3)23-19-32(29-10-4,30-11-5)31-12-6;;/h7-19H2,1-6H3,(H,23,24,25,26);2*1H4. The summed E-state index contributed by atoms with van der Waals surface area (Å²) in [7, 11) is -2.87. The molecule has 0 atom stereocenters. The topological polar surface area (TPSA) is 90.9 Å². The van der Waals surface area contributed by atoms with Gasteiger partial charge in [-0.05, 0) is 41.0 Å². The molecule has 1 rings (SSSR count). The summed E-state index contributed by atoms with van der Waals surface area (Å²) < 4.78 is 23.4. The van der Waals surface area contributed by atoms with Crippen LogP contribution in [-0.4, -0.2) is 69.4 Å². The van der Waals surface area contributed by atoms with E-state index >= 15 is 0 Å². The van der Waals surface area contributed by atoms with Crippen molar-refractivity contribution in [2.45, 2.75) is 94.9 Å². The molecule has 1 heterocycles. The molecule has 1 aromatic rings. The van der Waals surface area contributed by atoms with Gasteiger partial charge in [0.15, 0.2) is 0 Å². The predicted molar refractivity (Wildman–Crippen MR) is 145 cm³/mol. The average molecular weight is 504 g/mol. The van der Waals surface area contributed by atoms with Gasteiger partial charge < -0.3 is 28.2 Å². The van der Waals surface area contributed by atoms with Crippen LogP contribution in [0.1, 0.15) is 94.9 Å². The molecule has 0 unspecified atom stereocenters. The summed E-state index contributed by atoms with van der Waals surface area (Å²) in [5, 5.41) is 3.27. The van der Waals surface area contributed by atoms with Crippen molar-refractivity contribution in [3.63, 3.8) is 0 Å². The quantitative estimate of drug-likeness (QED) is 0.177. The van der Waals surface area contributed by atoms with E-state index in [1.165, 1.54) is 32.1 Å². The number of anilines is 2. The highest BCUT2D eigenvalue weighted by molar-refractivity contribution is 6.61. The molecule has 0 radical (unpaired) electrons. The van der Waals surface area contributed by atoms with Gasteiger partial charge in [-0.25, -0.2) is 0 Å². The van der Waals surface area contributed by atoms with Crippen LogP contribution >= 0.6 is 0 Å². The van der Waals surface area contributed by atoms with Gasteiger partial charge in [0.25, 0.3) is 0 Å². The number of nitrogens with zero attached hydrogens (tertiary/aromatic N) is 4. The number of ether oxygens (including phenoxy) is 1. The lowest BCUT2D eigenvalue weighted by Gasteiger charge is -2.28. The summed E-state index contributed by atoms with van der Waals surface area (Å²) in [5.74, 6) is 1.06. The van der Waals surface area contributed by atoms with Gasteiger partial charge in [0.2, 0.25) is 11.9 Å². The molecule has 9 nitrogen and oxygen atoms in total. The minimum atomic E-state index is -2.87. The first kappa shape index (κ1) is 34.7. The van der Waals surface area contributed by atoms with Gasteiger partial charge >= 0.3 is 14.8 Å². The second-order valence-corrected chi connectivity index (χ2v) is 9.94.